The highest BCUT2D eigenvalue weighted by Gasteiger charge is 2.61. The second-order valence-corrected chi connectivity index (χ2v) is 7.70. The summed E-state index contributed by atoms with van der Waals surface area (Å²) < 4.78 is 5.85. The van der Waals surface area contributed by atoms with Crippen molar-refractivity contribution in [2.75, 3.05) is 23.9 Å². The molecule has 3 aliphatic rings. The zero-order valence-corrected chi connectivity index (χ0v) is 14.2. The van der Waals surface area contributed by atoms with Gasteiger partial charge in [0.15, 0.2) is 0 Å². The average Bonchev–Trinajstić information content (AvgIpc) is 3.22. The maximum absolute atomic E-state index is 11.2. The lowest BCUT2D eigenvalue weighted by molar-refractivity contribution is -0.384. The summed E-state index contributed by atoms with van der Waals surface area (Å²) in [6.07, 6.45) is 4.71. The van der Waals surface area contributed by atoms with Crippen molar-refractivity contribution in [3.8, 4) is 0 Å². The van der Waals surface area contributed by atoms with Crippen LogP contribution in [0.3, 0.4) is 0 Å². The number of nitrogens with one attached hydrogen (secondary N) is 1. The van der Waals surface area contributed by atoms with Crippen LogP contribution in [0.2, 0.25) is 0 Å². The molecule has 4 rings (SSSR count). The summed E-state index contributed by atoms with van der Waals surface area (Å²) in [6.45, 7) is 5.21. The van der Waals surface area contributed by atoms with Crippen LogP contribution in [-0.4, -0.2) is 46.7 Å². The Labute approximate surface area is 140 Å². The Morgan fingerprint density at radius 2 is 2.17 bits per heavy atom. The molecule has 3 fully saturated rings. The summed E-state index contributed by atoms with van der Waals surface area (Å²) in [4.78, 5) is 21.6. The van der Waals surface area contributed by atoms with Gasteiger partial charge in [0.05, 0.1) is 11.0 Å². The lowest BCUT2D eigenvalue weighted by Crippen LogP contribution is -2.66. The number of fused-ring (bicyclic) bond motifs is 1. The Hall–Kier alpha value is -1.96. The lowest BCUT2D eigenvalue weighted by Gasteiger charge is -2.57. The number of aromatic nitrogens is 2. The molecule has 2 heterocycles. The van der Waals surface area contributed by atoms with Crippen LogP contribution in [0.15, 0.2) is 6.20 Å². The van der Waals surface area contributed by atoms with Crippen LogP contribution in [-0.2, 0) is 4.74 Å². The average molecular weight is 333 g/mol. The van der Waals surface area contributed by atoms with Gasteiger partial charge < -0.3 is 15.0 Å². The van der Waals surface area contributed by atoms with Gasteiger partial charge in [-0.05, 0) is 19.3 Å². The van der Waals surface area contributed by atoms with Crippen molar-refractivity contribution < 1.29 is 9.66 Å². The van der Waals surface area contributed by atoms with Gasteiger partial charge in [0, 0.05) is 37.1 Å². The molecule has 1 aromatic rings. The fourth-order valence-corrected chi connectivity index (χ4v) is 4.41. The van der Waals surface area contributed by atoms with Gasteiger partial charge >= 0.3 is 5.69 Å². The van der Waals surface area contributed by atoms with Crippen LogP contribution in [0.5, 0.6) is 0 Å². The first-order valence-electron chi connectivity index (χ1n) is 8.52. The van der Waals surface area contributed by atoms with Crippen LogP contribution in [0.25, 0.3) is 0 Å². The van der Waals surface area contributed by atoms with Crippen molar-refractivity contribution in [2.45, 2.75) is 51.3 Å². The van der Waals surface area contributed by atoms with Crippen LogP contribution < -0.4 is 10.2 Å². The van der Waals surface area contributed by atoms with E-state index < -0.39 is 4.92 Å². The quantitative estimate of drug-likeness (QED) is 0.652. The summed E-state index contributed by atoms with van der Waals surface area (Å²) in [5.41, 5.74) is -0.0421. The molecule has 1 saturated heterocycles. The molecule has 1 aliphatic heterocycles. The Morgan fingerprint density at radius 1 is 1.42 bits per heavy atom. The molecule has 2 saturated carbocycles. The molecule has 3 atom stereocenters. The minimum absolute atomic E-state index is 0.0190. The van der Waals surface area contributed by atoms with E-state index in [9.17, 15) is 10.1 Å². The van der Waals surface area contributed by atoms with Crippen LogP contribution in [0, 0.1) is 21.4 Å². The third kappa shape index (κ3) is 2.31. The SMILES string of the molecule is CN(c1ncc([N+](=O)[O-])c(NC2CC2)n1)[C@@H]1[C@@H]2CCO[C@H]2C1(C)C. The molecule has 0 unspecified atom stereocenters. The van der Waals surface area contributed by atoms with Crippen molar-refractivity contribution >= 4 is 17.5 Å². The number of rotatable bonds is 5. The summed E-state index contributed by atoms with van der Waals surface area (Å²) in [5.74, 6) is 1.34. The van der Waals surface area contributed by atoms with Crippen molar-refractivity contribution in [3.05, 3.63) is 16.3 Å². The third-order valence-corrected chi connectivity index (χ3v) is 5.64. The maximum Gasteiger partial charge on any atom is 0.329 e. The molecule has 24 heavy (non-hydrogen) atoms. The largest absolute Gasteiger partial charge is 0.377 e. The molecule has 0 aromatic carbocycles. The van der Waals surface area contributed by atoms with E-state index in [1.54, 1.807) is 0 Å². The van der Waals surface area contributed by atoms with E-state index in [4.69, 9.17) is 4.74 Å². The fourth-order valence-electron chi connectivity index (χ4n) is 4.41. The van der Waals surface area contributed by atoms with Gasteiger partial charge in [0.2, 0.25) is 11.8 Å². The number of hydrogen-bond acceptors (Lipinski definition) is 7. The maximum atomic E-state index is 11.2. The van der Waals surface area contributed by atoms with Crippen LogP contribution in [0.4, 0.5) is 17.5 Å². The molecule has 2 aliphatic carbocycles. The van der Waals surface area contributed by atoms with Gasteiger partial charge in [-0.2, -0.15) is 4.98 Å². The van der Waals surface area contributed by atoms with E-state index in [2.05, 4.69) is 34.0 Å². The van der Waals surface area contributed by atoms with Crippen molar-refractivity contribution in [1.29, 1.82) is 0 Å². The smallest absolute Gasteiger partial charge is 0.329 e. The predicted octanol–water partition coefficient (Wildman–Crippen LogP) is 2.21. The molecular formula is C16H23N5O3. The highest BCUT2D eigenvalue weighted by atomic mass is 16.6. The molecule has 8 nitrogen and oxygen atoms in total. The first-order valence-corrected chi connectivity index (χ1v) is 8.52. The molecule has 0 radical (unpaired) electrons. The molecule has 1 N–H and O–H groups in total. The molecule has 0 spiro atoms. The topological polar surface area (TPSA) is 93.4 Å². The second kappa shape index (κ2) is 5.27. The third-order valence-electron chi connectivity index (χ3n) is 5.64. The van der Waals surface area contributed by atoms with E-state index in [1.807, 2.05) is 7.05 Å². The van der Waals surface area contributed by atoms with Gasteiger partial charge in [-0.15, -0.1) is 0 Å². The van der Waals surface area contributed by atoms with Gasteiger partial charge in [0.25, 0.3) is 0 Å². The van der Waals surface area contributed by atoms with Gasteiger partial charge in [0.1, 0.15) is 6.20 Å². The minimum Gasteiger partial charge on any atom is -0.377 e. The summed E-state index contributed by atoms with van der Waals surface area (Å²) in [6, 6.07) is 0.574. The van der Waals surface area contributed by atoms with E-state index >= 15 is 0 Å². The first kappa shape index (κ1) is 15.6. The fraction of sp³-hybridized carbons (Fsp3) is 0.750. The Bertz CT molecular complexity index is 676. The number of hydrogen-bond donors (Lipinski definition) is 1. The van der Waals surface area contributed by atoms with Crippen molar-refractivity contribution in [2.24, 2.45) is 11.3 Å². The normalized spacial score (nSPS) is 30.4. The Morgan fingerprint density at radius 3 is 2.83 bits per heavy atom. The van der Waals surface area contributed by atoms with Crippen LogP contribution in [0.1, 0.15) is 33.1 Å². The zero-order chi connectivity index (χ0) is 17.1. The molecule has 0 bridgehead atoms. The number of ether oxygens (including phenoxy) is 1. The molecule has 0 amide bonds. The standard InChI is InChI=1S/C16H23N5O3/c1-16(2)12(10-6-7-24-13(10)16)20(3)15-17-8-11(21(22)23)14(19-15)18-9-4-5-9/h8-10,12-13H,4-7H2,1-3H3,(H,17,18,19)/t10-,12+,13+/m0/s1. The van der Waals surface area contributed by atoms with Crippen molar-refractivity contribution in [3.63, 3.8) is 0 Å². The Kier molecular flexibility index (Phi) is 3.42. The first-order chi connectivity index (χ1) is 11.4. The molecule has 1 aromatic heterocycles. The van der Waals surface area contributed by atoms with Crippen LogP contribution >= 0.6 is 0 Å². The zero-order valence-electron chi connectivity index (χ0n) is 14.2. The monoisotopic (exact) mass is 333 g/mol. The molecule has 130 valence electrons. The Balaban J connectivity index is 1.62. The second-order valence-electron chi connectivity index (χ2n) is 7.70. The number of anilines is 2. The number of nitrogens with zero attached hydrogens (tertiary/aromatic N) is 4. The van der Waals surface area contributed by atoms with E-state index in [1.165, 1.54) is 6.20 Å². The number of nitro groups is 1. The summed E-state index contributed by atoms with van der Waals surface area (Å²) in [7, 11) is 1.98. The van der Waals surface area contributed by atoms with Crippen molar-refractivity contribution in [1.82, 2.24) is 9.97 Å². The lowest BCUT2D eigenvalue weighted by atomic mass is 9.57. The summed E-state index contributed by atoms with van der Waals surface area (Å²) >= 11 is 0. The van der Waals surface area contributed by atoms with E-state index in [0.29, 0.717) is 23.7 Å². The predicted molar refractivity (Wildman–Crippen MR) is 89.2 cm³/mol. The molecular weight excluding hydrogens is 310 g/mol. The van der Waals surface area contributed by atoms with E-state index in [-0.39, 0.29) is 23.2 Å². The summed E-state index contributed by atoms with van der Waals surface area (Å²) in [5, 5.41) is 14.4. The van der Waals surface area contributed by atoms with Gasteiger partial charge in [-0.3, -0.25) is 10.1 Å². The van der Waals surface area contributed by atoms with Gasteiger partial charge in [-0.25, -0.2) is 4.98 Å². The highest BCUT2D eigenvalue weighted by molar-refractivity contribution is 5.58. The highest BCUT2D eigenvalue weighted by Crippen LogP contribution is 2.54. The molecule has 8 heteroatoms. The van der Waals surface area contributed by atoms with Gasteiger partial charge in [-0.1, -0.05) is 13.8 Å². The minimum atomic E-state index is -0.428. The van der Waals surface area contributed by atoms with E-state index in [0.717, 1.165) is 25.9 Å².